The van der Waals surface area contributed by atoms with Gasteiger partial charge < -0.3 is 15.7 Å². The Balaban J connectivity index is 1.36. The molecule has 178 valence electrons. The number of H-pyrrole nitrogens is 1. The zero-order chi connectivity index (χ0) is 24.6. The molecular weight excluding hydrogens is 444 g/mol. The predicted octanol–water partition coefficient (Wildman–Crippen LogP) is 4.13. The second-order valence-corrected chi connectivity index (χ2v) is 8.07. The fourth-order valence-electron chi connectivity index (χ4n) is 3.83. The number of rotatable bonds is 10. The van der Waals surface area contributed by atoms with Crippen molar-refractivity contribution in [3.8, 4) is 22.5 Å². The third kappa shape index (κ3) is 5.96. The molecule has 4 rings (SSSR count). The van der Waals surface area contributed by atoms with E-state index in [1.165, 1.54) is 6.07 Å². The van der Waals surface area contributed by atoms with Crippen LogP contribution in [0.1, 0.15) is 35.7 Å². The Morgan fingerprint density at radius 3 is 2.37 bits per heavy atom. The van der Waals surface area contributed by atoms with Gasteiger partial charge >= 0.3 is 5.97 Å². The maximum absolute atomic E-state index is 12.5. The Kier molecular flexibility index (Phi) is 7.59. The standard InChI is InChI=1S/C26H26N6O3/c1-2-19(15-24(33)28-23-10-6-5-9-22(23)26(34)35)27-16-17-11-13-18(14-12-17)20-7-3-4-8-21(20)25-29-31-32-30-25/h3-14,19,27H,2,15-16H2,1H3,(H,28,33)(H,34,35)(H,29,30,31,32). The first kappa shape index (κ1) is 23.8. The van der Waals surface area contributed by atoms with Crippen molar-refractivity contribution in [1.29, 1.82) is 0 Å². The molecule has 0 aliphatic rings. The number of nitrogens with zero attached hydrogens (tertiary/aromatic N) is 3. The lowest BCUT2D eigenvalue weighted by Gasteiger charge is -2.17. The van der Waals surface area contributed by atoms with Crippen LogP contribution in [0, 0.1) is 0 Å². The monoisotopic (exact) mass is 470 g/mol. The Labute approximate surface area is 202 Å². The lowest BCUT2D eigenvalue weighted by molar-refractivity contribution is -0.116. The van der Waals surface area contributed by atoms with Crippen molar-refractivity contribution in [1.82, 2.24) is 25.9 Å². The van der Waals surface area contributed by atoms with Crippen molar-refractivity contribution in [3.63, 3.8) is 0 Å². The van der Waals surface area contributed by atoms with E-state index in [4.69, 9.17) is 0 Å². The van der Waals surface area contributed by atoms with Gasteiger partial charge in [0, 0.05) is 24.6 Å². The fourth-order valence-corrected chi connectivity index (χ4v) is 3.83. The molecule has 0 bridgehead atoms. The van der Waals surface area contributed by atoms with E-state index in [0.29, 0.717) is 18.1 Å². The number of aromatic carboxylic acids is 1. The third-order valence-electron chi connectivity index (χ3n) is 5.73. The minimum absolute atomic E-state index is 0.0503. The minimum Gasteiger partial charge on any atom is -0.478 e. The zero-order valence-corrected chi connectivity index (χ0v) is 19.2. The molecular formula is C26H26N6O3. The Bertz CT molecular complexity index is 1290. The van der Waals surface area contributed by atoms with Gasteiger partial charge in [-0.15, -0.1) is 10.2 Å². The van der Waals surface area contributed by atoms with Gasteiger partial charge in [0.2, 0.25) is 11.7 Å². The highest BCUT2D eigenvalue weighted by molar-refractivity contribution is 6.00. The topological polar surface area (TPSA) is 133 Å². The van der Waals surface area contributed by atoms with Gasteiger partial charge in [-0.1, -0.05) is 67.6 Å². The molecule has 4 N–H and O–H groups in total. The SMILES string of the molecule is CCC(CC(=O)Nc1ccccc1C(=O)O)NCc1ccc(-c2ccccc2-c2nn[nH]n2)cc1. The average Bonchev–Trinajstić information content (AvgIpc) is 3.42. The molecule has 1 heterocycles. The summed E-state index contributed by atoms with van der Waals surface area (Å²) in [5.41, 5.74) is 4.41. The van der Waals surface area contributed by atoms with Gasteiger partial charge in [0.05, 0.1) is 11.3 Å². The van der Waals surface area contributed by atoms with Crippen LogP contribution < -0.4 is 10.6 Å². The highest BCUT2D eigenvalue weighted by Crippen LogP contribution is 2.29. The summed E-state index contributed by atoms with van der Waals surface area (Å²) in [6.07, 6.45) is 0.991. The molecule has 1 amide bonds. The third-order valence-corrected chi connectivity index (χ3v) is 5.73. The summed E-state index contributed by atoms with van der Waals surface area (Å²) in [6.45, 7) is 2.61. The lowest BCUT2D eigenvalue weighted by Crippen LogP contribution is -2.32. The molecule has 3 aromatic carbocycles. The summed E-state index contributed by atoms with van der Waals surface area (Å²) in [5.74, 6) is -0.762. The molecule has 1 unspecified atom stereocenters. The zero-order valence-electron chi connectivity index (χ0n) is 19.2. The normalized spacial score (nSPS) is 11.7. The van der Waals surface area contributed by atoms with Crippen LogP contribution in [-0.2, 0) is 11.3 Å². The molecule has 0 radical (unpaired) electrons. The molecule has 9 nitrogen and oxygen atoms in total. The van der Waals surface area contributed by atoms with Gasteiger partial charge in [-0.05, 0) is 40.5 Å². The van der Waals surface area contributed by atoms with E-state index in [0.717, 1.165) is 28.7 Å². The fraction of sp³-hybridized carbons (Fsp3) is 0.192. The van der Waals surface area contributed by atoms with E-state index in [9.17, 15) is 14.7 Å². The van der Waals surface area contributed by atoms with Gasteiger partial charge in [0.25, 0.3) is 0 Å². The molecule has 0 aliphatic carbocycles. The van der Waals surface area contributed by atoms with Gasteiger partial charge in [0.15, 0.2) is 0 Å². The largest absolute Gasteiger partial charge is 0.478 e. The van der Waals surface area contributed by atoms with E-state index >= 15 is 0 Å². The summed E-state index contributed by atoms with van der Waals surface area (Å²) in [6, 6.07) is 22.4. The average molecular weight is 471 g/mol. The summed E-state index contributed by atoms with van der Waals surface area (Å²) in [7, 11) is 0. The van der Waals surface area contributed by atoms with Crippen molar-refractivity contribution in [2.75, 3.05) is 5.32 Å². The summed E-state index contributed by atoms with van der Waals surface area (Å²) in [5, 5.41) is 29.8. The van der Waals surface area contributed by atoms with E-state index in [1.807, 2.05) is 55.5 Å². The Hall–Kier alpha value is -4.37. The van der Waals surface area contributed by atoms with Gasteiger partial charge in [-0.2, -0.15) is 5.21 Å². The van der Waals surface area contributed by atoms with Crippen LogP contribution in [-0.4, -0.2) is 43.6 Å². The van der Waals surface area contributed by atoms with Gasteiger partial charge in [0.1, 0.15) is 0 Å². The molecule has 1 aromatic heterocycles. The molecule has 0 fully saturated rings. The first-order chi connectivity index (χ1) is 17.0. The first-order valence-electron chi connectivity index (χ1n) is 11.3. The number of carboxylic acids is 1. The smallest absolute Gasteiger partial charge is 0.337 e. The van der Waals surface area contributed by atoms with Crippen LogP contribution in [0.15, 0.2) is 72.8 Å². The number of aromatic nitrogens is 4. The molecule has 0 spiro atoms. The number of nitrogens with one attached hydrogen (secondary N) is 3. The number of carbonyl (C=O) groups excluding carboxylic acids is 1. The Morgan fingerprint density at radius 1 is 0.971 bits per heavy atom. The van der Waals surface area contributed by atoms with Crippen LogP contribution in [0.3, 0.4) is 0 Å². The highest BCUT2D eigenvalue weighted by Gasteiger charge is 2.16. The second-order valence-electron chi connectivity index (χ2n) is 8.07. The minimum atomic E-state index is -1.07. The number of tetrazole rings is 1. The molecule has 4 aromatic rings. The van der Waals surface area contributed by atoms with E-state index in [-0.39, 0.29) is 23.9 Å². The number of anilines is 1. The maximum atomic E-state index is 12.5. The van der Waals surface area contributed by atoms with E-state index < -0.39 is 5.97 Å². The molecule has 0 saturated carbocycles. The number of carbonyl (C=O) groups is 2. The molecule has 35 heavy (non-hydrogen) atoms. The second kappa shape index (κ2) is 11.2. The number of aromatic amines is 1. The van der Waals surface area contributed by atoms with Crippen LogP contribution in [0.25, 0.3) is 22.5 Å². The quantitative estimate of drug-likeness (QED) is 0.274. The van der Waals surface area contributed by atoms with Crippen LogP contribution >= 0.6 is 0 Å². The van der Waals surface area contributed by atoms with Gasteiger partial charge in [-0.3, -0.25) is 4.79 Å². The summed E-state index contributed by atoms with van der Waals surface area (Å²) >= 11 is 0. The summed E-state index contributed by atoms with van der Waals surface area (Å²) < 4.78 is 0. The highest BCUT2D eigenvalue weighted by atomic mass is 16.4. The van der Waals surface area contributed by atoms with Gasteiger partial charge in [-0.25, -0.2) is 4.79 Å². The Morgan fingerprint density at radius 2 is 1.69 bits per heavy atom. The molecule has 0 saturated heterocycles. The van der Waals surface area contributed by atoms with Crippen LogP contribution in [0.5, 0.6) is 0 Å². The van der Waals surface area contributed by atoms with Crippen molar-refractivity contribution >= 4 is 17.6 Å². The van der Waals surface area contributed by atoms with Crippen LogP contribution in [0.2, 0.25) is 0 Å². The van der Waals surface area contributed by atoms with E-state index in [2.05, 4.69) is 31.3 Å². The number of hydrogen-bond donors (Lipinski definition) is 4. The maximum Gasteiger partial charge on any atom is 0.337 e. The number of benzene rings is 3. The number of carboxylic acid groups (broad SMARTS) is 1. The first-order valence-corrected chi connectivity index (χ1v) is 11.3. The number of amides is 1. The van der Waals surface area contributed by atoms with Crippen LogP contribution in [0.4, 0.5) is 5.69 Å². The van der Waals surface area contributed by atoms with E-state index in [1.54, 1.807) is 18.2 Å². The predicted molar refractivity (Wildman–Crippen MR) is 133 cm³/mol. The van der Waals surface area contributed by atoms with Crippen molar-refractivity contribution < 1.29 is 14.7 Å². The molecule has 0 aliphatic heterocycles. The molecule has 9 heteroatoms. The summed E-state index contributed by atoms with van der Waals surface area (Å²) in [4.78, 5) is 23.9. The lowest BCUT2D eigenvalue weighted by atomic mass is 9.98. The van der Waals surface area contributed by atoms with Crippen molar-refractivity contribution in [2.24, 2.45) is 0 Å². The number of hydrogen-bond acceptors (Lipinski definition) is 6. The number of para-hydroxylation sites is 1. The van der Waals surface area contributed by atoms with Crippen molar-refractivity contribution in [3.05, 3.63) is 83.9 Å². The van der Waals surface area contributed by atoms with Crippen molar-refractivity contribution in [2.45, 2.75) is 32.4 Å². The molecule has 1 atom stereocenters.